The van der Waals surface area contributed by atoms with Gasteiger partial charge in [-0.2, -0.15) is 0 Å². The number of thiocarbonyl (C=S) groups is 2. The molecular formula is C20H32N2O6S2. The lowest BCUT2D eigenvalue weighted by atomic mass is 10.1. The van der Waals surface area contributed by atoms with E-state index in [4.69, 9.17) is 34.6 Å². The maximum atomic E-state index is 11.7. The summed E-state index contributed by atoms with van der Waals surface area (Å²) in [6, 6.07) is 0. The Morgan fingerprint density at radius 3 is 1.13 bits per heavy atom. The first-order valence-corrected chi connectivity index (χ1v) is 11.0. The molecule has 0 saturated carbocycles. The standard InChI is InChI=1S/C20H32N2O6S2/c23-13-9-17(27)7-5-15(25)3-1-11-21-19(29)20(30)22-12-2-4-16(26)6-8-18(28)10-14-24/h23-24H,1-14H2,(H,21,29)(H,22,30). The largest absolute Gasteiger partial charge is 0.396 e. The van der Waals surface area contributed by atoms with Crippen molar-refractivity contribution in [1.29, 1.82) is 0 Å². The number of carbonyl (C=O) groups excluding carboxylic acids is 4. The van der Waals surface area contributed by atoms with E-state index in [2.05, 4.69) is 10.6 Å². The molecule has 0 aliphatic heterocycles. The fourth-order valence-electron chi connectivity index (χ4n) is 2.44. The van der Waals surface area contributed by atoms with Crippen LogP contribution in [-0.4, -0.2) is 69.6 Å². The van der Waals surface area contributed by atoms with Gasteiger partial charge >= 0.3 is 0 Å². The average Bonchev–Trinajstić information content (AvgIpc) is 2.71. The first-order valence-electron chi connectivity index (χ1n) is 10.1. The zero-order valence-corrected chi connectivity index (χ0v) is 18.9. The molecular weight excluding hydrogens is 428 g/mol. The molecule has 8 nitrogen and oxygen atoms in total. The predicted octanol–water partition coefficient (Wildman–Crippen LogP) is 0.982. The Morgan fingerprint density at radius 1 is 0.533 bits per heavy atom. The van der Waals surface area contributed by atoms with Crippen LogP contribution in [0.5, 0.6) is 0 Å². The summed E-state index contributed by atoms with van der Waals surface area (Å²) in [5.41, 5.74) is 0. The third-order valence-corrected chi connectivity index (χ3v) is 5.01. The van der Waals surface area contributed by atoms with Crippen LogP contribution in [0.2, 0.25) is 0 Å². The van der Waals surface area contributed by atoms with Gasteiger partial charge in [-0.05, 0) is 12.8 Å². The number of Topliss-reactive ketones (excluding diaryl/α,β-unsaturated/α-hetero) is 4. The summed E-state index contributed by atoms with van der Waals surface area (Å²) >= 11 is 10.3. The van der Waals surface area contributed by atoms with Gasteiger partial charge in [-0.3, -0.25) is 19.2 Å². The van der Waals surface area contributed by atoms with Gasteiger partial charge < -0.3 is 20.8 Å². The molecule has 30 heavy (non-hydrogen) atoms. The highest BCUT2D eigenvalue weighted by atomic mass is 32.1. The monoisotopic (exact) mass is 460 g/mol. The van der Waals surface area contributed by atoms with Gasteiger partial charge in [-0.25, -0.2) is 0 Å². The van der Waals surface area contributed by atoms with Crippen molar-refractivity contribution in [1.82, 2.24) is 10.6 Å². The third kappa shape index (κ3) is 16.2. The molecule has 0 aromatic carbocycles. The van der Waals surface area contributed by atoms with Crippen molar-refractivity contribution < 1.29 is 29.4 Å². The number of hydrogen-bond donors (Lipinski definition) is 4. The van der Waals surface area contributed by atoms with E-state index in [1.807, 2.05) is 0 Å². The van der Waals surface area contributed by atoms with Crippen LogP contribution in [0.1, 0.15) is 64.2 Å². The molecule has 0 spiro atoms. The van der Waals surface area contributed by atoms with Crippen LogP contribution in [0.15, 0.2) is 0 Å². The molecule has 0 aliphatic carbocycles. The van der Waals surface area contributed by atoms with Crippen molar-refractivity contribution in [3.63, 3.8) is 0 Å². The highest BCUT2D eigenvalue weighted by Gasteiger charge is 2.09. The minimum Gasteiger partial charge on any atom is -0.396 e. The topological polar surface area (TPSA) is 133 Å². The summed E-state index contributed by atoms with van der Waals surface area (Å²) < 4.78 is 0. The van der Waals surface area contributed by atoms with E-state index >= 15 is 0 Å². The summed E-state index contributed by atoms with van der Waals surface area (Å²) in [6.07, 6.45) is 2.71. The molecule has 0 fully saturated rings. The van der Waals surface area contributed by atoms with Crippen molar-refractivity contribution in [2.24, 2.45) is 0 Å². The molecule has 170 valence electrons. The summed E-state index contributed by atoms with van der Waals surface area (Å²) in [5.74, 6) is -0.230. The van der Waals surface area contributed by atoms with E-state index < -0.39 is 0 Å². The first kappa shape index (κ1) is 28.4. The van der Waals surface area contributed by atoms with Gasteiger partial charge in [0.05, 0.1) is 0 Å². The molecule has 0 heterocycles. The Balaban J connectivity index is 3.76. The molecule has 0 bridgehead atoms. The second-order valence-corrected chi connectivity index (χ2v) is 7.64. The number of aliphatic hydroxyl groups excluding tert-OH is 2. The van der Waals surface area contributed by atoms with Gasteiger partial charge in [0.15, 0.2) is 0 Å². The van der Waals surface area contributed by atoms with Gasteiger partial charge in [-0.15, -0.1) is 0 Å². The quantitative estimate of drug-likeness (QED) is 0.173. The summed E-state index contributed by atoms with van der Waals surface area (Å²) in [4.78, 5) is 46.7. The molecule has 0 atom stereocenters. The second-order valence-electron chi connectivity index (χ2n) is 6.82. The molecule has 10 heteroatoms. The molecule has 0 aromatic heterocycles. The van der Waals surface area contributed by atoms with Crippen molar-refractivity contribution in [3.8, 4) is 0 Å². The highest BCUT2D eigenvalue weighted by Crippen LogP contribution is 2.02. The van der Waals surface area contributed by atoms with Gasteiger partial charge in [-0.1, -0.05) is 24.4 Å². The molecule has 0 saturated heterocycles. The van der Waals surface area contributed by atoms with Crippen LogP contribution < -0.4 is 10.6 Å². The number of rotatable bonds is 18. The molecule has 0 rings (SSSR count). The van der Waals surface area contributed by atoms with E-state index in [1.165, 1.54) is 0 Å². The maximum absolute atomic E-state index is 11.7. The van der Waals surface area contributed by atoms with Gasteiger partial charge in [0.2, 0.25) is 0 Å². The van der Waals surface area contributed by atoms with Crippen molar-refractivity contribution in [2.75, 3.05) is 26.3 Å². The van der Waals surface area contributed by atoms with E-state index in [9.17, 15) is 19.2 Å². The van der Waals surface area contributed by atoms with Crippen LogP contribution in [0.4, 0.5) is 0 Å². The SMILES string of the molecule is O=C(CCO)CCC(=O)CCCNC(=S)C(=S)NCCCC(=O)CCC(=O)CCO. The van der Waals surface area contributed by atoms with Gasteiger partial charge in [0.25, 0.3) is 0 Å². The fraction of sp³-hybridized carbons (Fsp3) is 0.700. The number of aliphatic hydroxyl groups is 2. The van der Waals surface area contributed by atoms with E-state index in [0.29, 0.717) is 48.7 Å². The van der Waals surface area contributed by atoms with Crippen LogP contribution in [0.3, 0.4) is 0 Å². The lowest BCUT2D eigenvalue weighted by molar-refractivity contribution is -0.124. The van der Waals surface area contributed by atoms with Crippen LogP contribution in [-0.2, 0) is 19.2 Å². The highest BCUT2D eigenvalue weighted by molar-refractivity contribution is 7.89. The van der Waals surface area contributed by atoms with E-state index in [0.717, 1.165) is 0 Å². The molecule has 0 amide bonds. The Kier molecular flexibility index (Phi) is 17.2. The Hall–Kier alpha value is -1.62. The first-order chi connectivity index (χ1) is 14.3. The molecule has 0 radical (unpaired) electrons. The van der Waals surface area contributed by atoms with Crippen LogP contribution >= 0.6 is 24.4 Å². The minimum atomic E-state index is -0.189. The molecule has 0 unspecified atom stereocenters. The number of carbonyl (C=O) groups is 4. The number of hydrogen-bond acceptors (Lipinski definition) is 8. The lowest BCUT2D eigenvalue weighted by Crippen LogP contribution is -2.38. The Labute approximate surface area is 188 Å². The van der Waals surface area contributed by atoms with Crippen molar-refractivity contribution >= 4 is 57.5 Å². The fourth-order valence-corrected chi connectivity index (χ4v) is 2.79. The minimum absolute atomic E-state index is 0.00237. The maximum Gasteiger partial charge on any atom is 0.135 e. The zero-order valence-electron chi connectivity index (χ0n) is 17.2. The number of nitrogens with one attached hydrogen (secondary N) is 2. The van der Waals surface area contributed by atoms with Crippen LogP contribution in [0.25, 0.3) is 0 Å². The lowest BCUT2D eigenvalue weighted by Gasteiger charge is -2.11. The van der Waals surface area contributed by atoms with Crippen LogP contribution in [0, 0.1) is 0 Å². The smallest absolute Gasteiger partial charge is 0.135 e. The van der Waals surface area contributed by atoms with Gasteiger partial charge in [0, 0.05) is 77.7 Å². The Morgan fingerprint density at radius 2 is 0.833 bits per heavy atom. The summed E-state index contributed by atoms with van der Waals surface area (Å²) in [7, 11) is 0. The predicted molar refractivity (Wildman–Crippen MR) is 122 cm³/mol. The molecule has 0 aliphatic rings. The second kappa shape index (κ2) is 18.2. The zero-order chi connectivity index (χ0) is 22.8. The normalized spacial score (nSPS) is 10.3. The number of ketones is 4. The molecule has 0 aromatic rings. The van der Waals surface area contributed by atoms with E-state index in [1.54, 1.807) is 0 Å². The van der Waals surface area contributed by atoms with Crippen molar-refractivity contribution in [2.45, 2.75) is 64.2 Å². The van der Waals surface area contributed by atoms with E-state index in [-0.39, 0.29) is 74.9 Å². The van der Waals surface area contributed by atoms with Crippen molar-refractivity contribution in [3.05, 3.63) is 0 Å². The van der Waals surface area contributed by atoms with Gasteiger partial charge in [0.1, 0.15) is 33.1 Å². The molecule has 4 N–H and O–H groups in total. The summed E-state index contributed by atoms with van der Waals surface area (Å²) in [6.45, 7) is 0.588. The third-order valence-electron chi connectivity index (χ3n) is 4.19. The average molecular weight is 461 g/mol. The summed E-state index contributed by atoms with van der Waals surface area (Å²) in [5, 5.41) is 23.2. The Bertz CT molecular complexity index is 558.